The maximum Gasteiger partial charge on any atom is 0.573 e. The Kier molecular flexibility index (Phi) is 24.9. The predicted octanol–water partition coefficient (Wildman–Crippen LogP) is 9.16. The average molecular weight is 1400 g/mol. The number of rotatable bonds is 34. The Morgan fingerprint density at radius 1 is 0.657 bits per heavy atom. The van der Waals surface area contributed by atoms with Gasteiger partial charge in [-0.2, -0.15) is 10.2 Å². The number of aromatic nitrogens is 5. The number of piperazine rings is 1. The molecule has 11 rings (SSSR count). The summed E-state index contributed by atoms with van der Waals surface area (Å²) in [7, 11) is 0. The maximum absolute atomic E-state index is 13.5. The normalized spacial score (nSPS) is 17.9. The van der Waals surface area contributed by atoms with Gasteiger partial charge in [0.2, 0.25) is 5.91 Å². The summed E-state index contributed by atoms with van der Waals surface area (Å²) in [5.41, 5.74) is 5.65. The van der Waals surface area contributed by atoms with E-state index in [4.69, 9.17) is 40.3 Å². The molecule has 4 aliphatic rings. The van der Waals surface area contributed by atoms with Gasteiger partial charge in [0.15, 0.2) is 5.13 Å². The Hall–Kier alpha value is -9.07. The summed E-state index contributed by atoms with van der Waals surface area (Å²) in [4.78, 5) is 80.0. The summed E-state index contributed by atoms with van der Waals surface area (Å²) in [6.07, 6.45) is 1.62. The van der Waals surface area contributed by atoms with Gasteiger partial charge in [-0.15, -0.1) is 13.2 Å². The molecular weight excluding hydrogens is 1320 g/mol. The molecule has 1 saturated heterocycles. The Balaban J connectivity index is 0.498. The van der Waals surface area contributed by atoms with Crippen molar-refractivity contribution in [2.45, 2.75) is 33.1 Å². The zero-order valence-electron chi connectivity index (χ0n) is 54.6. The molecular formula is C69H77ClF3N15O10S. The predicted molar refractivity (Wildman–Crippen MR) is 369 cm³/mol. The Morgan fingerprint density at radius 3 is 1.99 bits per heavy atom. The van der Waals surface area contributed by atoms with Crippen molar-refractivity contribution >= 4 is 92.5 Å². The van der Waals surface area contributed by atoms with Gasteiger partial charge in [-0.05, 0) is 104 Å². The van der Waals surface area contributed by atoms with E-state index >= 15 is 0 Å². The van der Waals surface area contributed by atoms with E-state index < -0.39 is 6.36 Å². The Morgan fingerprint density at radius 2 is 1.30 bits per heavy atom. The monoisotopic (exact) mass is 1400 g/mol. The molecule has 4 aromatic carbocycles. The van der Waals surface area contributed by atoms with Crippen LogP contribution in [-0.4, -0.2) is 190 Å². The van der Waals surface area contributed by atoms with Crippen LogP contribution >= 0.6 is 22.9 Å². The van der Waals surface area contributed by atoms with Crippen LogP contribution < -0.4 is 41.5 Å². The molecule has 25 nitrogen and oxygen atoms in total. The molecule has 5 atom stereocenters. The van der Waals surface area contributed by atoms with Crippen molar-refractivity contribution in [3.8, 4) is 17.0 Å². The number of para-hydroxylation sites is 1. The molecule has 0 radical (unpaired) electrons. The minimum atomic E-state index is -4.79. The molecule has 99 heavy (non-hydrogen) atoms. The number of hydrogen-bond donors (Lipinski definition) is 6. The lowest BCUT2D eigenvalue weighted by Crippen LogP contribution is -2.47. The zero-order chi connectivity index (χ0) is 69.1. The maximum atomic E-state index is 13.5. The molecule has 3 aromatic heterocycles. The van der Waals surface area contributed by atoms with Crippen LogP contribution in [0.25, 0.3) is 11.3 Å². The Bertz CT molecular complexity index is 3960. The molecule has 5 heterocycles. The van der Waals surface area contributed by atoms with Gasteiger partial charge in [-0.3, -0.25) is 24.1 Å². The highest BCUT2D eigenvalue weighted by Gasteiger charge is 2.56. The van der Waals surface area contributed by atoms with Gasteiger partial charge in [-0.25, -0.2) is 24.9 Å². The lowest BCUT2D eigenvalue weighted by atomic mass is 9.70. The van der Waals surface area contributed by atoms with Gasteiger partial charge in [0.05, 0.1) is 94.4 Å². The summed E-state index contributed by atoms with van der Waals surface area (Å²) >= 11 is 7.54. The van der Waals surface area contributed by atoms with E-state index in [1.54, 1.807) is 42.5 Å². The summed E-state index contributed by atoms with van der Waals surface area (Å²) in [5.74, 6) is 1.70. The number of nitrogens with zero attached hydrogens (tertiary/aromatic N) is 9. The van der Waals surface area contributed by atoms with E-state index in [1.165, 1.54) is 48.1 Å². The van der Waals surface area contributed by atoms with Crippen molar-refractivity contribution in [1.29, 1.82) is 0 Å². The summed E-state index contributed by atoms with van der Waals surface area (Å²) in [6, 6.07) is 28.5. The number of anilines is 6. The van der Waals surface area contributed by atoms with E-state index in [0.29, 0.717) is 112 Å². The van der Waals surface area contributed by atoms with Gasteiger partial charge < -0.3 is 65.2 Å². The second-order valence-electron chi connectivity index (χ2n) is 23.9. The van der Waals surface area contributed by atoms with Crippen molar-refractivity contribution in [1.82, 2.24) is 45.8 Å². The SMILES string of the molecule is Cc1nc(Nc2ncc(C(=O)Nc3c(C)cccc3Cl)s2)cc(N2CCN(CCOCCOCCOCCNC(=O)C3C[C@@H]4C[C@H]3C3C=NN=C(c5cccc(C(=O)NCCOCCOCCNC(=O)c6cccc(-c7cc(Nc8ccc(OC(F)(F)F)cc8)ncn7)c6)c5)C34)CC2)n1. The largest absolute Gasteiger partial charge is 0.573 e. The van der Waals surface area contributed by atoms with E-state index in [9.17, 15) is 32.3 Å². The fourth-order valence-electron chi connectivity index (χ4n) is 12.5. The van der Waals surface area contributed by atoms with Crippen LogP contribution in [0.5, 0.6) is 5.75 Å². The summed E-state index contributed by atoms with van der Waals surface area (Å²) in [5, 5.41) is 28.0. The second kappa shape index (κ2) is 34.6. The third-order valence-electron chi connectivity index (χ3n) is 17.2. The van der Waals surface area contributed by atoms with Crippen LogP contribution in [0.3, 0.4) is 0 Å². The summed E-state index contributed by atoms with van der Waals surface area (Å²) in [6.45, 7) is 12.5. The number of nitrogens with one attached hydrogen (secondary N) is 6. The second-order valence-corrected chi connectivity index (χ2v) is 25.3. The molecule has 7 aromatic rings. The fourth-order valence-corrected chi connectivity index (χ4v) is 13.5. The molecule has 2 aliphatic heterocycles. The highest BCUT2D eigenvalue weighted by Crippen LogP contribution is 2.56. The van der Waals surface area contributed by atoms with Crippen molar-refractivity contribution < 1.29 is 60.8 Å². The number of halogens is 4. The van der Waals surface area contributed by atoms with Crippen molar-refractivity contribution in [3.05, 3.63) is 154 Å². The van der Waals surface area contributed by atoms with Crippen LogP contribution in [0.4, 0.5) is 47.1 Å². The molecule has 6 N–H and O–H groups in total. The standard InChI is InChI=1S/C69H77ClF3N15O10S/c1-43-6-3-11-55(70)62(43)85-67(92)57-41-77-68(99-57)84-59-39-60(82-44(2)81-59)88-21-19-87(20-22-88)23-27-96-31-33-97-32-30-95-26-18-76-66(91)53-37-49-36-52(53)54-40-80-86-63(61(49)54)46-8-5-10-48(35-46)65(90)75-17-25-94-29-28-93-24-16-74-64(89)47-9-4-7-45(34-47)56-38-58(79-42-78-56)83-50-12-14-51(15-13-50)98-69(71,72)73/h3-15,34-35,38-42,49,52-54,61H,16-33,36-37H2,1-2H3,(H,74,89)(H,75,90)(H,76,91)(H,85,92)(H,78,79,83)(H,77,81,82,84)/t49-,52+,53?,54?,61?/m0/s1. The first kappa shape index (κ1) is 71.2. The smallest absolute Gasteiger partial charge is 0.406 e. The topological polar surface area (TPSA) is 291 Å². The third-order valence-corrected chi connectivity index (χ3v) is 18.4. The van der Waals surface area contributed by atoms with Gasteiger partial charge in [-0.1, -0.05) is 59.3 Å². The number of carbonyl (C=O) groups is 4. The first-order chi connectivity index (χ1) is 48.1. The molecule has 522 valence electrons. The van der Waals surface area contributed by atoms with Crippen molar-refractivity contribution in [2.24, 2.45) is 39.8 Å². The first-order valence-corrected chi connectivity index (χ1v) is 33.9. The molecule has 2 bridgehead atoms. The molecule has 3 fully saturated rings. The molecule has 4 amide bonds. The first-order valence-electron chi connectivity index (χ1n) is 32.7. The van der Waals surface area contributed by atoms with E-state index in [-0.39, 0.29) is 98.5 Å². The molecule has 2 aliphatic carbocycles. The number of carbonyl (C=O) groups excluding carboxylic acids is 4. The highest BCUT2D eigenvalue weighted by molar-refractivity contribution is 7.17. The zero-order valence-corrected chi connectivity index (χ0v) is 56.2. The Labute approximate surface area is 579 Å². The quantitative estimate of drug-likeness (QED) is 0.0205. The van der Waals surface area contributed by atoms with Crippen LogP contribution in [-0.2, 0) is 28.5 Å². The number of aryl methyl sites for hydroxylation is 2. The van der Waals surface area contributed by atoms with E-state index in [2.05, 4.69) is 76.6 Å². The van der Waals surface area contributed by atoms with Gasteiger partial charge in [0.25, 0.3) is 17.7 Å². The van der Waals surface area contributed by atoms with Gasteiger partial charge in [0, 0.05) is 111 Å². The lowest BCUT2D eigenvalue weighted by molar-refractivity contribution is -0.274. The number of fused-ring (bicyclic) bond motifs is 5. The number of amides is 4. The third kappa shape index (κ3) is 20.1. The average Bonchev–Trinajstić information content (AvgIpc) is 1.59. The van der Waals surface area contributed by atoms with Crippen molar-refractivity contribution in [2.75, 3.05) is 139 Å². The molecule has 0 spiro atoms. The number of thiazole rings is 1. The lowest BCUT2D eigenvalue weighted by Gasteiger charge is -2.35. The number of alkyl halides is 3. The van der Waals surface area contributed by atoms with Crippen LogP contribution in [0.2, 0.25) is 5.02 Å². The summed E-state index contributed by atoms with van der Waals surface area (Å²) < 4.78 is 70.3. The minimum Gasteiger partial charge on any atom is -0.406 e. The van der Waals surface area contributed by atoms with E-state index in [0.717, 1.165) is 68.2 Å². The number of benzene rings is 4. The van der Waals surface area contributed by atoms with Crippen LogP contribution in [0.15, 0.2) is 126 Å². The number of ether oxygens (including phenoxy) is 6. The van der Waals surface area contributed by atoms with Gasteiger partial charge in [0.1, 0.15) is 40.2 Å². The number of hydrogen-bond acceptors (Lipinski definition) is 22. The van der Waals surface area contributed by atoms with Crippen LogP contribution in [0, 0.1) is 43.4 Å². The van der Waals surface area contributed by atoms with Crippen molar-refractivity contribution in [3.63, 3.8) is 0 Å². The van der Waals surface area contributed by atoms with Gasteiger partial charge >= 0.3 is 6.36 Å². The van der Waals surface area contributed by atoms with Crippen LogP contribution in [0.1, 0.15) is 60.2 Å². The minimum absolute atomic E-state index is 0.0306. The molecule has 3 unspecified atom stereocenters. The fraction of sp³-hybridized carbons (Fsp3) is 0.406. The van der Waals surface area contributed by atoms with E-state index in [1.807, 2.05) is 56.5 Å². The molecule has 2 saturated carbocycles. The highest BCUT2D eigenvalue weighted by atomic mass is 35.5. The molecule has 30 heteroatoms.